The van der Waals surface area contributed by atoms with Crippen LogP contribution in [-0.2, 0) is 23.9 Å². The van der Waals surface area contributed by atoms with Gasteiger partial charge in [-0.15, -0.1) is 0 Å². The van der Waals surface area contributed by atoms with E-state index in [9.17, 15) is 24.3 Å². The second-order valence-corrected chi connectivity index (χ2v) is 20.0. The number of hydrogen-bond acceptors (Lipinski definition) is 6. The van der Waals surface area contributed by atoms with Crippen LogP contribution in [0.4, 0.5) is 0 Å². The predicted molar refractivity (Wildman–Crippen MR) is 194 cm³/mol. The molecule has 5 fully saturated rings. The van der Waals surface area contributed by atoms with Crippen LogP contribution in [0.25, 0.3) is 0 Å². The average Bonchev–Trinajstić information content (AvgIpc) is 3.57. The van der Waals surface area contributed by atoms with Crippen LogP contribution < -0.4 is 5.32 Å². The third kappa shape index (κ3) is 5.45. The van der Waals surface area contributed by atoms with Gasteiger partial charge in [0.25, 0.3) is 0 Å². The van der Waals surface area contributed by atoms with Gasteiger partial charge in [0.2, 0.25) is 5.91 Å². The summed E-state index contributed by atoms with van der Waals surface area (Å²) in [7, 11) is 2.15. The number of ketones is 1. The number of rotatable bonds is 8. The number of fused-ring (bicyclic) bond motifs is 7. The number of likely N-dealkylation sites (N-methyl/N-ethyl adjacent to an activating group) is 1. The molecule has 8 heteroatoms. The average molecular weight is 695 g/mol. The second-order valence-electron chi connectivity index (χ2n) is 20.0. The third-order valence-electron chi connectivity index (χ3n) is 16.4. The maximum Gasteiger partial charge on any atom is 0.309 e. The summed E-state index contributed by atoms with van der Waals surface area (Å²) in [4.78, 5) is 55.6. The standard InChI is InChI=1S/C42H66N2O6/c1-25(2)33-28(45)22-42(35(47)43-24-26-12-11-21-44(26)10)20-19-40(8)27(34(33)42)13-14-30-39(7)17-16-31(50-32(46)23-37(3,4)36(48)49)38(5,6)29(39)15-18-41(30,40)9/h25-27,29-31H,11-24H2,1-10H3,(H,43,47)(H,48,49)/t26-,27?,29?,30?,31-,39-,40+,41+,42+/m0/s1. The summed E-state index contributed by atoms with van der Waals surface area (Å²) >= 11 is 0. The number of amides is 1. The van der Waals surface area contributed by atoms with E-state index in [1.807, 2.05) is 0 Å². The molecule has 1 aliphatic heterocycles. The Hall–Kier alpha value is -2.22. The number of esters is 1. The number of aliphatic carboxylic acids is 1. The lowest BCUT2D eigenvalue weighted by molar-refractivity contribution is -0.233. The molecule has 8 nitrogen and oxygen atoms in total. The molecule has 1 heterocycles. The zero-order valence-corrected chi connectivity index (χ0v) is 32.8. The van der Waals surface area contributed by atoms with Gasteiger partial charge in [0, 0.05) is 24.4 Å². The van der Waals surface area contributed by atoms with E-state index in [0.29, 0.717) is 30.8 Å². The van der Waals surface area contributed by atoms with E-state index >= 15 is 0 Å². The lowest BCUT2D eigenvalue weighted by Gasteiger charge is -2.72. The van der Waals surface area contributed by atoms with Gasteiger partial charge in [-0.05, 0) is 143 Å². The molecular weight excluding hydrogens is 628 g/mol. The topological polar surface area (TPSA) is 113 Å². The molecule has 0 radical (unpaired) electrons. The molecule has 0 aromatic rings. The van der Waals surface area contributed by atoms with Crippen molar-refractivity contribution in [2.24, 2.45) is 56.2 Å². The fraction of sp³-hybridized carbons (Fsp3) is 0.857. The molecule has 4 saturated carbocycles. The Kier molecular flexibility index (Phi) is 9.34. The first-order chi connectivity index (χ1) is 23.2. The van der Waals surface area contributed by atoms with Crippen molar-refractivity contribution in [2.75, 3.05) is 20.1 Å². The predicted octanol–water partition coefficient (Wildman–Crippen LogP) is 7.59. The summed E-state index contributed by atoms with van der Waals surface area (Å²) in [5.41, 5.74) is 0.103. The lowest BCUT2D eigenvalue weighted by Crippen LogP contribution is -2.66. The third-order valence-corrected chi connectivity index (χ3v) is 16.4. The molecular formula is C42H66N2O6. The normalized spacial score (nSPS) is 41.3. The Morgan fingerprint density at radius 3 is 2.26 bits per heavy atom. The molecule has 6 aliphatic rings. The molecule has 280 valence electrons. The van der Waals surface area contributed by atoms with Crippen LogP contribution in [0.5, 0.6) is 0 Å². The van der Waals surface area contributed by atoms with Crippen LogP contribution in [0, 0.1) is 56.2 Å². The monoisotopic (exact) mass is 694 g/mol. The van der Waals surface area contributed by atoms with Crippen molar-refractivity contribution in [2.45, 2.75) is 152 Å². The minimum absolute atomic E-state index is 0.0324. The van der Waals surface area contributed by atoms with Gasteiger partial charge >= 0.3 is 11.9 Å². The molecule has 50 heavy (non-hydrogen) atoms. The summed E-state index contributed by atoms with van der Waals surface area (Å²) in [5, 5.41) is 13.0. The van der Waals surface area contributed by atoms with Gasteiger partial charge in [0.05, 0.1) is 17.3 Å². The van der Waals surface area contributed by atoms with Crippen molar-refractivity contribution in [3.8, 4) is 0 Å². The van der Waals surface area contributed by atoms with Crippen LogP contribution in [-0.4, -0.2) is 65.9 Å². The Morgan fingerprint density at radius 2 is 1.64 bits per heavy atom. The molecule has 6 rings (SSSR count). The largest absolute Gasteiger partial charge is 0.481 e. The van der Waals surface area contributed by atoms with Crippen molar-refractivity contribution in [3.63, 3.8) is 0 Å². The number of hydrogen-bond donors (Lipinski definition) is 2. The van der Waals surface area contributed by atoms with E-state index in [2.05, 4.69) is 65.7 Å². The van der Waals surface area contributed by atoms with E-state index in [0.717, 1.165) is 76.3 Å². The first kappa shape index (κ1) is 37.5. The number of allylic oxidation sites excluding steroid dienone is 1. The van der Waals surface area contributed by atoms with E-state index in [4.69, 9.17) is 4.74 Å². The van der Waals surface area contributed by atoms with Crippen molar-refractivity contribution in [3.05, 3.63) is 11.1 Å². The van der Waals surface area contributed by atoms with Crippen molar-refractivity contribution < 1.29 is 29.0 Å². The van der Waals surface area contributed by atoms with E-state index in [-0.39, 0.29) is 57.7 Å². The molecule has 0 aromatic heterocycles. The highest BCUT2D eigenvalue weighted by Gasteiger charge is 2.71. The van der Waals surface area contributed by atoms with Gasteiger partial charge < -0.3 is 20.1 Å². The Labute approximate surface area is 301 Å². The molecule has 0 spiro atoms. The minimum atomic E-state index is -1.16. The molecule has 2 N–H and O–H groups in total. The van der Waals surface area contributed by atoms with E-state index in [1.54, 1.807) is 13.8 Å². The van der Waals surface area contributed by atoms with Crippen LogP contribution >= 0.6 is 0 Å². The minimum Gasteiger partial charge on any atom is -0.481 e. The first-order valence-electron chi connectivity index (χ1n) is 19.8. The number of carboxylic acids is 1. The quantitative estimate of drug-likeness (QED) is 0.252. The Balaban J connectivity index is 1.28. The fourth-order valence-corrected chi connectivity index (χ4v) is 13.3. The van der Waals surface area contributed by atoms with Crippen LogP contribution in [0.2, 0.25) is 0 Å². The number of ether oxygens (including phenoxy) is 1. The zero-order valence-electron chi connectivity index (χ0n) is 32.8. The molecule has 5 aliphatic carbocycles. The van der Waals surface area contributed by atoms with Crippen LogP contribution in [0.1, 0.15) is 139 Å². The molecule has 0 bridgehead atoms. The van der Waals surface area contributed by atoms with Gasteiger partial charge in [0.1, 0.15) is 6.10 Å². The summed E-state index contributed by atoms with van der Waals surface area (Å²) in [5.74, 6) is 0.0249. The van der Waals surface area contributed by atoms with Gasteiger partial charge in [-0.1, -0.05) is 48.5 Å². The highest BCUT2D eigenvalue weighted by Crippen LogP contribution is 2.76. The van der Waals surface area contributed by atoms with Gasteiger partial charge in [0.15, 0.2) is 5.78 Å². The number of nitrogens with zero attached hydrogens (tertiary/aromatic N) is 1. The number of nitrogens with one attached hydrogen (secondary N) is 1. The number of Topliss-reactive ketones (excluding diaryl/α,β-unsaturated/α-hetero) is 1. The van der Waals surface area contributed by atoms with Gasteiger partial charge in [-0.3, -0.25) is 19.2 Å². The molecule has 0 aromatic carbocycles. The maximum absolute atomic E-state index is 14.5. The number of carbonyl (C=O) groups excluding carboxylic acids is 3. The maximum atomic E-state index is 14.5. The summed E-state index contributed by atoms with van der Waals surface area (Å²) in [6.07, 6.45) is 9.86. The van der Waals surface area contributed by atoms with Crippen molar-refractivity contribution in [1.82, 2.24) is 10.2 Å². The Bertz CT molecular complexity index is 1460. The van der Waals surface area contributed by atoms with Gasteiger partial charge in [-0.2, -0.15) is 0 Å². The molecule has 1 saturated heterocycles. The molecule has 1 amide bonds. The van der Waals surface area contributed by atoms with E-state index in [1.165, 1.54) is 5.57 Å². The SMILES string of the molecule is CC(C)C1=C2C3CCC4[C@@]5(C)CC[C@H](OC(=O)CC(C)(C)C(=O)O)C(C)(C)C5CC[C@@]4(C)[C@]3(C)CC[C@@]2(C(=O)NC[C@@H]2CCCN2C)CC1=O. The number of likely N-dealkylation sites (tertiary alicyclic amines) is 1. The first-order valence-corrected chi connectivity index (χ1v) is 19.8. The van der Waals surface area contributed by atoms with Crippen LogP contribution in [0.15, 0.2) is 11.1 Å². The summed E-state index contributed by atoms with van der Waals surface area (Å²) in [6, 6.07) is 0.364. The summed E-state index contributed by atoms with van der Waals surface area (Å²) in [6.45, 7) is 21.3. The zero-order chi connectivity index (χ0) is 36.8. The second kappa shape index (κ2) is 12.4. The highest BCUT2D eigenvalue weighted by molar-refractivity contribution is 6.07. The van der Waals surface area contributed by atoms with Gasteiger partial charge in [-0.25, -0.2) is 0 Å². The number of carboxylic acid groups (broad SMARTS) is 1. The van der Waals surface area contributed by atoms with Crippen LogP contribution in [0.3, 0.4) is 0 Å². The Morgan fingerprint density at radius 1 is 0.940 bits per heavy atom. The summed E-state index contributed by atoms with van der Waals surface area (Å²) < 4.78 is 6.16. The lowest BCUT2D eigenvalue weighted by atomic mass is 9.33. The smallest absolute Gasteiger partial charge is 0.309 e. The molecule has 9 atom stereocenters. The molecule has 3 unspecified atom stereocenters. The fourth-order valence-electron chi connectivity index (χ4n) is 13.3. The van der Waals surface area contributed by atoms with E-state index < -0.39 is 22.8 Å². The number of carbonyl (C=O) groups is 4. The van der Waals surface area contributed by atoms with Crippen molar-refractivity contribution in [1.29, 1.82) is 0 Å². The van der Waals surface area contributed by atoms with Crippen molar-refractivity contribution >= 4 is 23.6 Å². The highest BCUT2D eigenvalue weighted by atomic mass is 16.5.